The lowest BCUT2D eigenvalue weighted by atomic mass is 9.86. The lowest BCUT2D eigenvalue weighted by Crippen LogP contribution is -2.36. The van der Waals surface area contributed by atoms with E-state index in [4.69, 9.17) is 0 Å². The van der Waals surface area contributed by atoms with Crippen molar-refractivity contribution in [1.82, 2.24) is 9.88 Å². The van der Waals surface area contributed by atoms with Crippen LogP contribution in [0.25, 0.3) is 10.9 Å². The highest BCUT2D eigenvalue weighted by atomic mass is 19.4. The minimum atomic E-state index is -4.34. The van der Waals surface area contributed by atoms with E-state index in [0.717, 1.165) is 17.0 Å². The van der Waals surface area contributed by atoms with E-state index in [9.17, 15) is 18.3 Å². The Morgan fingerprint density at radius 1 is 1.00 bits per heavy atom. The third-order valence-electron chi connectivity index (χ3n) is 5.41. The van der Waals surface area contributed by atoms with Gasteiger partial charge in [0.1, 0.15) is 6.23 Å². The lowest BCUT2D eigenvalue weighted by molar-refractivity contribution is -0.138. The first kappa shape index (κ1) is 18.1. The molecule has 3 aromatic rings. The molecule has 1 saturated heterocycles. The van der Waals surface area contributed by atoms with E-state index in [2.05, 4.69) is 4.98 Å². The second kappa shape index (κ2) is 7.02. The molecule has 0 unspecified atom stereocenters. The molecule has 2 N–H and O–H groups in total. The highest BCUT2D eigenvalue weighted by Crippen LogP contribution is 2.39. The van der Waals surface area contributed by atoms with Gasteiger partial charge in [0.2, 0.25) is 0 Å². The molecular weight excluding hydrogens is 353 g/mol. The zero-order valence-electron chi connectivity index (χ0n) is 14.7. The van der Waals surface area contributed by atoms with Crippen molar-refractivity contribution in [3.05, 3.63) is 71.4 Å². The quantitative estimate of drug-likeness (QED) is 0.673. The van der Waals surface area contributed by atoms with Crippen molar-refractivity contribution >= 4 is 10.9 Å². The molecule has 1 atom stereocenters. The van der Waals surface area contributed by atoms with Crippen molar-refractivity contribution < 1.29 is 18.3 Å². The maximum atomic E-state index is 13.3. The Morgan fingerprint density at radius 3 is 2.37 bits per heavy atom. The van der Waals surface area contributed by atoms with Gasteiger partial charge in [-0.15, -0.1) is 0 Å². The fourth-order valence-electron chi connectivity index (χ4n) is 4.00. The number of nitrogens with one attached hydrogen (secondary N) is 1. The number of aromatic nitrogens is 1. The average molecular weight is 374 g/mol. The van der Waals surface area contributed by atoms with E-state index >= 15 is 0 Å². The molecule has 1 fully saturated rings. The summed E-state index contributed by atoms with van der Waals surface area (Å²) in [7, 11) is 0. The van der Waals surface area contributed by atoms with Crippen LogP contribution in [0.3, 0.4) is 0 Å². The molecule has 2 aromatic carbocycles. The molecule has 0 saturated carbocycles. The summed E-state index contributed by atoms with van der Waals surface area (Å²) in [6, 6.07) is 15.5. The zero-order valence-corrected chi connectivity index (χ0v) is 14.7. The molecule has 2 heterocycles. The van der Waals surface area contributed by atoms with Crippen molar-refractivity contribution in [2.75, 3.05) is 13.1 Å². The van der Waals surface area contributed by atoms with Gasteiger partial charge < -0.3 is 10.1 Å². The van der Waals surface area contributed by atoms with Gasteiger partial charge in [0.05, 0.1) is 11.3 Å². The van der Waals surface area contributed by atoms with Crippen LogP contribution in [-0.4, -0.2) is 28.1 Å². The second-order valence-corrected chi connectivity index (χ2v) is 7.08. The van der Waals surface area contributed by atoms with Gasteiger partial charge in [-0.1, -0.05) is 36.4 Å². The molecule has 142 valence electrons. The van der Waals surface area contributed by atoms with Crippen LogP contribution in [-0.2, 0) is 6.18 Å². The molecule has 27 heavy (non-hydrogen) atoms. The summed E-state index contributed by atoms with van der Waals surface area (Å²) in [6.45, 7) is 1.10. The first-order chi connectivity index (χ1) is 12.9. The van der Waals surface area contributed by atoms with E-state index in [1.165, 1.54) is 6.07 Å². The number of rotatable bonds is 3. The monoisotopic (exact) mass is 374 g/mol. The number of benzene rings is 2. The smallest absolute Gasteiger partial charge is 0.373 e. The first-order valence-electron chi connectivity index (χ1n) is 9.09. The molecule has 1 aliphatic rings. The third-order valence-corrected chi connectivity index (χ3v) is 5.41. The van der Waals surface area contributed by atoms with Crippen molar-refractivity contribution in [2.24, 2.45) is 0 Å². The summed E-state index contributed by atoms with van der Waals surface area (Å²) in [5, 5.41) is 11.7. The van der Waals surface area contributed by atoms with Crippen LogP contribution in [0.4, 0.5) is 13.2 Å². The average Bonchev–Trinajstić information content (AvgIpc) is 3.11. The number of piperidine rings is 1. The second-order valence-electron chi connectivity index (χ2n) is 7.08. The Hall–Kier alpha value is -2.31. The number of aliphatic hydroxyl groups is 1. The number of fused-ring (bicyclic) bond motifs is 1. The minimum Gasteiger partial charge on any atom is -0.373 e. The molecule has 0 spiro atoms. The predicted octanol–water partition coefficient (Wildman–Crippen LogP) is 5.06. The van der Waals surface area contributed by atoms with E-state index in [1.54, 1.807) is 12.1 Å². The Balaban J connectivity index is 1.48. The van der Waals surface area contributed by atoms with Crippen LogP contribution in [0.2, 0.25) is 0 Å². The molecule has 4 rings (SSSR count). The molecule has 0 aliphatic carbocycles. The Kier molecular flexibility index (Phi) is 4.70. The molecule has 3 nitrogen and oxygen atoms in total. The van der Waals surface area contributed by atoms with Gasteiger partial charge in [-0.25, -0.2) is 0 Å². The SMILES string of the molecule is O[C@H](c1cc2ccccc2[nH]1)N1CCC(c2ccccc2C(F)(F)F)CC1. The van der Waals surface area contributed by atoms with Crippen molar-refractivity contribution in [3.8, 4) is 0 Å². The van der Waals surface area contributed by atoms with Crippen LogP contribution in [0.5, 0.6) is 0 Å². The summed E-state index contributed by atoms with van der Waals surface area (Å²) >= 11 is 0. The Morgan fingerprint density at radius 2 is 1.67 bits per heavy atom. The molecule has 0 amide bonds. The van der Waals surface area contributed by atoms with Gasteiger partial charge in [-0.2, -0.15) is 13.2 Å². The van der Waals surface area contributed by atoms with Gasteiger partial charge in [0.25, 0.3) is 0 Å². The van der Waals surface area contributed by atoms with Gasteiger partial charge >= 0.3 is 6.18 Å². The van der Waals surface area contributed by atoms with E-state index < -0.39 is 18.0 Å². The Labute approximate surface area is 155 Å². The number of nitrogens with zero attached hydrogens (tertiary/aromatic N) is 1. The molecule has 6 heteroatoms. The van der Waals surface area contributed by atoms with Gasteiger partial charge in [0.15, 0.2) is 0 Å². The van der Waals surface area contributed by atoms with Gasteiger partial charge in [0, 0.05) is 18.6 Å². The van der Waals surface area contributed by atoms with Crippen molar-refractivity contribution in [3.63, 3.8) is 0 Å². The summed E-state index contributed by atoms with van der Waals surface area (Å²) in [5.74, 6) is -0.144. The predicted molar refractivity (Wildman–Crippen MR) is 98.3 cm³/mol. The highest BCUT2D eigenvalue weighted by Gasteiger charge is 2.36. The fourth-order valence-corrected chi connectivity index (χ4v) is 4.00. The number of aromatic amines is 1. The molecule has 0 radical (unpaired) electrons. The van der Waals surface area contributed by atoms with Crippen LogP contribution < -0.4 is 0 Å². The maximum Gasteiger partial charge on any atom is 0.416 e. The van der Waals surface area contributed by atoms with Crippen LogP contribution in [0, 0.1) is 0 Å². The Bertz CT molecular complexity index is 893. The van der Waals surface area contributed by atoms with Crippen LogP contribution in [0.15, 0.2) is 54.6 Å². The summed E-state index contributed by atoms with van der Waals surface area (Å²) in [6.07, 6.45) is -3.94. The lowest BCUT2D eigenvalue weighted by Gasteiger charge is -2.35. The molecule has 1 aliphatic heterocycles. The largest absolute Gasteiger partial charge is 0.416 e. The van der Waals surface area contributed by atoms with E-state index in [1.807, 2.05) is 35.2 Å². The molecule has 1 aromatic heterocycles. The number of aliphatic hydroxyl groups excluding tert-OH is 1. The molecular formula is C21H21F3N2O. The number of hydrogen-bond acceptors (Lipinski definition) is 2. The van der Waals surface area contributed by atoms with Crippen molar-refractivity contribution in [1.29, 1.82) is 0 Å². The summed E-state index contributed by atoms with van der Waals surface area (Å²) < 4.78 is 39.8. The maximum absolute atomic E-state index is 13.3. The summed E-state index contributed by atoms with van der Waals surface area (Å²) in [5.41, 5.74) is 1.50. The number of hydrogen-bond donors (Lipinski definition) is 2. The molecule has 0 bridgehead atoms. The van der Waals surface area contributed by atoms with Gasteiger partial charge in [-0.05, 0) is 47.9 Å². The third kappa shape index (κ3) is 3.59. The summed E-state index contributed by atoms with van der Waals surface area (Å²) in [4.78, 5) is 5.14. The minimum absolute atomic E-state index is 0.144. The number of alkyl halides is 3. The first-order valence-corrected chi connectivity index (χ1v) is 9.09. The van der Waals surface area contributed by atoms with Crippen molar-refractivity contribution in [2.45, 2.75) is 31.2 Å². The normalized spacial score (nSPS) is 18.1. The van der Waals surface area contributed by atoms with Gasteiger partial charge in [-0.3, -0.25) is 4.90 Å². The van der Waals surface area contributed by atoms with E-state index in [0.29, 0.717) is 37.2 Å². The van der Waals surface area contributed by atoms with Crippen LogP contribution >= 0.6 is 0 Å². The number of likely N-dealkylation sites (tertiary alicyclic amines) is 1. The van der Waals surface area contributed by atoms with Crippen LogP contribution in [0.1, 0.15) is 41.8 Å². The standard InChI is InChI=1S/C21H21F3N2O/c22-21(23,24)17-7-3-2-6-16(17)14-9-11-26(12-10-14)20(27)19-13-15-5-1-4-8-18(15)25-19/h1-8,13-14,20,25,27H,9-12H2/t20-/m1/s1. The van der Waals surface area contributed by atoms with E-state index in [-0.39, 0.29) is 5.92 Å². The zero-order chi connectivity index (χ0) is 19.0. The fraction of sp³-hybridized carbons (Fsp3) is 0.333. The highest BCUT2D eigenvalue weighted by molar-refractivity contribution is 5.80. The number of H-pyrrole nitrogens is 1. The number of halogens is 3. The topological polar surface area (TPSA) is 39.3 Å². The number of para-hydroxylation sites is 1.